The number of rotatable bonds is 7. The molecule has 3 atom stereocenters. The second-order valence-corrected chi connectivity index (χ2v) is 5.41. The maximum Gasteiger partial charge on any atom is 0.0624 e. The fourth-order valence-corrected chi connectivity index (χ4v) is 2.43. The van der Waals surface area contributed by atoms with Crippen LogP contribution in [0.3, 0.4) is 0 Å². The first-order valence-electron chi connectivity index (χ1n) is 7.06. The first kappa shape index (κ1) is 14.9. The molecule has 3 nitrogen and oxygen atoms in total. The molecule has 1 fully saturated rings. The molecule has 0 aliphatic carbocycles. The summed E-state index contributed by atoms with van der Waals surface area (Å²) in [6.45, 7) is 7.41. The number of hydrogen-bond acceptors (Lipinski definition) is 3. The van der Waals surface area contributed by atoms with Crippen molar-refractivity contribution in [1.29, 1.82) is 0 Å². The normalized spacial score (nSPS) is 31.4. The molecule has 3 unspecified atom stereocenters. The van der Waals surface area contributed by atoms with Crippen molar-refractivity contribution in [3.8, 4) is 0 Å². The van der Waals surface area contributed by atoms with Crippen LogP contribution in [-0.2, 0) is 9.47 Å². The Balaban J connectivity index is 2.02. The molecule has 0 spiro atoms. The van der Waals surface area contributed by atoms with Crippen LogP contribution in [0.4, 0.5) is 0 Å². The third kappa shape index (κ3) is 6.39. The smallest absolute Gasteiger partial charge is 0.0624 e. The van der Waals surface area contributed by atoms with Gasteiger partial charge in [0.05, 0.1) is 18.3 Å². The monoisotopic (exact) mass is 243 g/mol. The number of unbranched alkanes of at least 4 members (excludes halogenated alkanes) is 1. The lowest BCUT2D eigenvalue weighted by Gasteiger charge is -2.32. The van der Waals surface area contributed by atoms with Crippen LogP contribution in [0.25, 0.3) is 0 Å². The lowest BCUT2D eigenvalue weighted by molar-refractivity contribution is -0.102. The van der Waals surface area contributed by atoms with Gasteiger partial charge in [-0.2, -0.15) is 0 Å². The van der Waals surface area contributed by atoms with Gasteiger partial charge in [0.15, 0.2) is 0 Å². The van der Waals surface area contributed by atoms with Gasteiger partial charge in [0, 0.05) is 12.6 Å². The summed E-state index contributed by atoms with van der Waals surface area (Å²) in [6, 6.07) is 0.623. The zero-order chi connectivity index (χ0) is 12.7. The summed E-state index contributed by atoms with van der Waals surface area (Å²) in [7, 11) is 2.02. The number of nitrogens with one attached hydrogen (secondary N) is 1. The van der Waals surface area contributed by atoms with Crippen LogP contribution in [0, 0.1) is 0 Å². The van der Waals surface area contributed by atoms with E-state index in [9.17, 15) is 0 Å². The van der Waals surface area contributed by atoms with Gasteiger partial charge in [-0.25, -0.2) is 0 Å². The minimum atomic E-state index is 0.355. The highest BCUT2D eigenvalue weighted by atomic mass is 16.5. The van der Waals surface area contributed by atoms with Gasteiger partial charge in [0.2, 0.25) is 0 Å². The highest BCUT2D eigenvalue weighted by Gasteiger charge is 2.24. The molecular formula is C14H29NO2. The second kappa shape index (κ2) is 8.06. The van der Waals surface area contributed by atoms with Crippen molar-refractivity contribution in [3.63, 3.8) is 0 Å². The van der Waals surface area contributed by atoms with Gasteiger partial charge in [0.25, 0.3) is 0 Å². The van der Waals surface area contributed by atoms with Crippen LogP contribution in [-0.4, -0.2) is 38.0 Å². The highest BCUT2D eigenvalue weighted by Crippen LogP contribution is 2.21. The number of hydrogen-bond donors (Lipinski definition) is 1. The van der Waals surface area contributed by atoms with Crippen molar-refractivity contribution in [1.82, 2.24) is 5.32 Å². The number of ether oxygens (including phenoxy) is 2. The van der Waals surface area contributed by atoms with Gasteiger partial charge < -0.3 is 14.8 Å². The first-order chi connectivity index (χ1) is 8.11. The summed E-state index contributed by atoms with van der Waals surface area (Å²) >= 11 is 0. The van der Waals surface area contributed by atoms with Gasteiger partial charge in [-0.15, -0.1) is 0 Å². The standard InChI is InChI=1S/C14H29NO2/c1-11(15-4)7-5-6-8-16-14-9-12(2)17-13(3)10-14/h11-15H,5-10H2,1-4H3. The van der Waals surface area contributed by atoms with Crippen LogP contribution >= 0.6 is 0 Å². The summed E-state index contributed by atoms with van der Waals surface area (Å²) in [4.78, 5) is 0. The Hall–Kier alpha value is -0.120. The Morgan fingerprint density at radius 2 is 1.88 bits per heavy atom. The van der Waals surface area contributed by atoms with E-state index in [0.717, 1.165) is 19.4 Å². The minimum absolute atomic E-state index is 0.355. The van der Waals surface area contributed by atoms with Crippen molar-refractivity contribution in [2.24, 2.45) is 0 Å². The molecule has 17 heavy (non-hydrogen) atoms. The molecule has 102 valence electrons. The zero-order valence-corrected chi connectivity index (χ0v) is 11.9. The van der Waals surface area contributed by atoms with Crippen LogP contribution in [0.2, 0.25) is 0 Å². The van der Waals surface area contributed by atoms with E-state index in [1.165, 1.54) is 19.3 Å². The summed E-state index contributed by atoms with van der Waals surface area (Å²) in [5, 5.41) is 3.26. The first-order valence-corrected chi connectivity index (χ1v) is 7.06. The van der Waals surface area contributed by atoms with Gasteiger partial charge in [-0.05, 0) is 59.9 Å². The summed E-state index contributed by atoms with van der Waals surface area (Å²) in [6.07, 6.45) is 6.88. The minimum Gasteiger partial charge on any atom is -0.378 e. The Morgan fingerprint density at radius 1 is 1.24 bits per heavy atom. The fraction of sp³-hybridized carbons (Fsp3) is 1.00. The molecule has 1 N–H and O–H groups in total. The van der Waals surface area contributed by atoms with Crippen molar-refractivity contribution in [2.45, 2.75) is 77.2 Å². The van der Waals surface area contributed by atoms with Crippen LogP contribution in [0.15, 0.2) is 0 Å². The van der Waals surface area contributed by atoms with E-state index in [0.29, 0.717) is 24.4 Å². The molecule has 0 aromatic rings. The maximum absolute atomic E-state index is 5.94. The van der Waals surface area contributed by atoms with E-state index in [4.69, 9.17) is 9.47 Å². The molecule has 0 radical (unpaired) electrons. The van der Waals surface area contributed by atoms with E-state index in [1.54, 1.807) is 0 Å². The zero-order valence-electron chi connectivity index (χ0n) is 11.9. The Morgan fingerprint density at radius 3 is 2.47 bits per heavy atom. The predicted octanol–water partition coefficient (Wildman–Crippen LogP) is 2.74. The average Bonchev–Trinajstić information content (AvgIpc) is 2.27. The molecule has 0 saturated carbocycles. The van der Waals surface area contributed by atoms with Crippen LogP contribution in [0.1, 0.15) is 52.9 Å². The predicted molar refractivity (Wildman–Crippen MR) is 71.4 cm³/mol. The molecule has 0 amide bonds. The van der Waals surface area contributed by atoms with E-state index >= 15 is 0 Å². The third-order valence-corrected chi connectivity index (χ3v) is 3.53. The van der Waals surface area contributed by atoms with E-state index in [2.05, 4.69) is 26.1 Å². The van der Waals surface area contributed by atoms with Crippen LogP contribution in [0.5, 0.6) is 0 Å². The van der Waals surface area contributed by atoms with E-state index < -0.39 is 0 Å². The quantitative estimate of drug-likeness (QED) is 0.697. The van der Waals surface area contributed by atoms with Crippen molar-refractivity contribution >= 4 is 0 Å². The molecule has 1 rings (SSSR count). The largest absolute Gasteiger partial charge is 0.378 e. The van der Waals surface area contributed by atoms with Gasteiger partial charge in [0.1, 0.15) is 0 Å². The Kier molecular flexibility index (Phi) is 7.09. The molecule has 0 aromatic heterocycles. The van der Waals surface area contributed by atoms with E-state index in [1.807, 2.05) is 7.05 Å². The SMILES string of the molecule is CNC(C)CCCCOC1CC(C)OC(C)C1. The van der Waals surface area contributed by atoms with Crippen molar-refractivity contribution in [3.05, 3.63) is 0 Å². The van der Waals surface area contributed by atoms with Crippen LogP contribution < -0.4 is 5.32 Å². The van der Waals surface area contributed by atoms with Gasteiger partial charge in [-0.1, -0.05) is 0 Å². The third-order valence-electron chi connectivity index (χ3n) is 3.53. The highest BCUT2D eigenvalue weighted by molar-refractivity contribution is 4.73. The lowest BCUT2D eigenvalue weighted by atomic mass is 10.0. The average molecular weight is 243 g/mol. The Labute approximate surface area is 106 Å². The summed E-state index contributed by atoms with van der Waals surface area (Å²) in [5.74, 6) is 0. The van der Waals surface area contributed by atoms with Gasteiger partial charge >= 0.3 is 0 Å². The summed E-state index contributed by atoms with van der Waals surface area (Å²) in [5.41, 5.74) is 0. The maximum atomic E-state index is 5.94. The fourth-order valence-electron chi connectivity index (χ4n) is 2.43. The molecule has 3 heteroatoms. The molecule has 1 saturated heterocycles. The lowest BCUT2D eigenvalue weighted by Crippen LogP contribution is -2.34. The molecular weight excluding hydrogens is 214 g/mol. The second-order valence-electron chi connectivity index (χ2n) is 5.41. The van der Waals surface area contributed by atoms with Crippen molar-refractivity contribution in [2.75, 3.05) is 13.7 Å². The summed E-state index contributed by atoms with van der Waals surface area (Å²) < 4.78 is 11.6. The molecule has 1 aliphatic heterocycles. The molecule has 1 aliphatic rings. The topological polar surface area (TPSA) is 30.5 Å². The molecule has 0 aromatic carbocycles. The Bertz CT molecular complexity index is 189. The molecule has 1 heterocycles. The van der Waals surface area contributed by atoms with Crippen molar-refractivity contribution < 1.29 is 9.47 Å². The van der Waals surface area contributed by atoms with Gasteiger partial charge in [-0.3, -0.25) is 0 Å². The van der Waals surface area contributed by atoms with E-state index in [-0.39, 0.29) is 0 Å². The molecule has 0 bridgehead atoms.